The minimum absolute atomic E-state index is 0.0687. The third kappa shape index (κ3) is 6.61. The van der Waals surface area contributed by atoms with Crippen LogP contribution in [0.4, 0.5) is 0 Å². The molecule has 0 amide bonds. The van der Waals surface area contributed by atoms with Gasteiger partial charge in [-0.15, -0.1) is 0 Å². The summed E-state index contributed by atoms with van der Waals surface area (Å²) in [5.74, 6) is 0. The van der Waals surface area contributed by atoms with Crippen LogP contribution >= 0.6 is 0 Å². The van der Waals surface area contributed by atoms with E-state index < -0.39 is 5.41 Å². The maximum Gasteiger partial charge on any atom is 0.143 e. The van der Waals surface area contributed by atoms with Crippen molar-refractivity contribution < 1.29 is 8.83 Å². The first-order valence-electron chi connectivity index (χ1n) is 30.5. The zero-order valence-corrected chi connectivity index (χ0v) is 50.1. The molecular formula is C83H66O2. The molecule has 2 nitrogen and oxygen atoms in total. The van der Waals surface area contributed by atoms with Crippen molar-refractivity contribution in [1.29, 1.82) is 0 Å². The number of para-hydroxylation sites is 4. The number of hydrogen-bond donors (Lipinski definition) is 0. The minimum Gasteiger partial charge on any atom is -0.455 e. The number of fused-ring (bicyclic) bond motifs is 19. The molecule has 410 valence electrons. The van der Waals surface area contributed by atoms with Crippen LogP contribution in [0.15, 0.2) is 227 Å². The third-order valence-corrected chi connectivity index (χ3v) is 20.4. The van der Waals surface area contributed by atoms with Gasteiger partial charge in [0.2, 0.25) is 0 Å². The maximum absolute atomic E-state index is 7.21. The molecule has 14 aromatic rings. The molecule has 85 heavy (non-hydrogen) atoms. The molecule has 0 spiro atoms. The van der Waals surface area contributed by atoms with Crippen LogP contribution in [0.5, 0.6) is 0 Å². The predicted molar refractivity (Wildman–Crippen MR) is 357 cm³/mol. The van der Waals surface area contributed by atoms with Gasteiger partial charge < -0.3 is 8.83 Å². The van der Waals surface area contributed by atoms with Crippen LogP contribution in [0.3, 0.4) is 0 Å². The molecule has 0 saturated heterocycles. The first-order chi connectivity index (χ1) is 41.0. The van der Waals surface area contributed by atoms with Crippen LogP contribution in [0.1, 0.15) is 125 Å². The Morgan fingerprint density at radius 1 is 0.259 bits per heavy atom. The van der Waals surface area contributed by atoms with Crippen LogP contribution in [0.25, 0.3) is 121 Å². The third-order valence-electron chi connectivity index (χ3n) is 20.4. The van der Waals surface area contributed by atoms with Crippen molar-refractivity contribution >= 4 is 65.4 Å². The highest BCUT2D eigenvalue weighted by Crippen LogP contribution is 2.64. The van der Waals surface area contributed by atoms with Crippen molar-refractivity contribution in [2.75, 3.05) is 0 Å². The normalized spacial score (nSPS) is 15.2. The van der Waals surface area contributed by atoms with Gasteiger partial charge in [-0.3, -0.25) is 0 Å². The lowest BCUT2D eigenvalue weighted by Gasteiger charge is -2.34. The average Bonchev–Trinajstić information content (AvgIpc) is 1.55. The average molecular weight is 1100 g/mol. The van der Waals surface area contributed by atoms with E-state index in [1.807, 2.05) is 0 Å². The molecule has 12 aromatic carbocycles. The van der Waals surface area contributed by atoms with E-state index in [9.17, 15) is 0 Å². The van der Waals surface area contributed by atoms with Crippen LogP contribution in [0.2, 0.25) is 0 Å². The highest BCUT2D eigenvalue weighted by atomic mass is 16.3. The van der Waals surface area contributed by atoms with Crippen molar-refractivity contribution in [3.63, 3.8) is 0 Å². The Morgan fingerprint density at radius 2 is 0.588 bits per heavy atom. The van der Waals surface area contributed by atoms with Gasteiger partial charge in [0.15, 0.2) is 0 Å². The summed E-state index contributed by atoms with van der Waals surface area (Å²) in [6.07, 6.45) is 0. The van der Waals surface area contributed by atoms with E-state index in [-0.39, 0.29) is 21.7 Å². The number of rotatable bonds is 4. The van der Waals surface area contributed by atoms with Crippen molar-refractivity contribution in [2.24, 2.45) is 0 Å². The fraction of sp³-hybridized carbons (Fsp3) is 0.181. The van der Waals surface area contributed by atoms with Crippen LogP contribution in [0, 0.1) is 0 Å². The van der Waals surface area contributed by atoms with Crippen molar-refractivity contribution in [3.8, 4) is 55.6 Å². The molecule has 3 aliphatic carbocycles. The molecule has 2 heterocycles. The van der Waals surface area contributed by atoms with E-state index in [1.165, 1.54) is 127 Å². The van der Waals surface area contributed by atoms with Gasteiger partial charge in [-0.05, 0) is 158 Å². The maximum atomic E-state index is 7.21. The molecule has 0 fully saturated rings. The van der Waals surface area contributed by atoms with Gasteiger partial charge in [-0.2, -0.15) is 0 Å². The molecule has 0 aliphatic heterocycles. The Kier molecular flexibility index (Phi) is 10.0. The molecule has 0 atom stereocenters. The van der Waals surface area contributed by atoms with Crippen LogP contribution in [-0.2, 0) is 27.1 Å². The van der Waals surface area contributed by atoms with E-state index in [0.29, 0.717) is 0 Å². The summed E-state index contributed by atoms with van der Waals surface area (Å²) in [5.41, 5.74) is 27.9. The highest BCUT2D eigenvalue weighted by molar-refractivity contribution is 6.18. The summed E-state index contributed by atoms with van der Waals surface area (Å²) in [7, 11) is 0. The Morgan fingerprint density at radius 3 is 1.06 bits per heavy atom. The van der Waals surface area contributed by atoms with Crippen LogP contribution in [-0.4, -0.2) is 0 Å². The second-order valence-electron chi connectivity index (χ2n) is 27.8. The summed E-state index contributed by atoms with van der Waals surface area (Å²) in [4.78, 5) is 0. The molecule has 17 rings (SSSR count). The lowest BCUT2D eigenvalue weighted by atomic mass is 9.66. The minimum atomic E-state index is -0.673. The number of hydrogen-bond acceptors (Lipinski definition) is 2. The monoisotopic (exact) mass is 1090 g/mol. The first kappa shape index (κ1) is 50.3. The van der Waals surface area contributed by atoms with E-state index in [0.717, 1.165) is 49.6 Å². The van der Waals surface area contributed by atoms with Gasteiger partial charge >= 0.3 is 0 Å². The van der Waals surface area contributed by atoms with Gasteiger partial charge in [-0.1, -0.05) is 251 Å². The zero-order chi connectivity index (χ0) is 57.8. The van der Waals surface area contributed by atoms with Crippen molar-refractivity contribution in [2.45, 2.75) is 96.3 Å². The fourth-order valence-corrected chi connectivity index (χ4v) is 16.3. The first-order valence-corrected chi connectivity index (χ1v) is 30.5. The largest absolute Gasteiger partial charge is 0.455 e. The summed E-state index contributed by atoms with van der Waals surface area (Å²) in [5, 5.41) is 9.61. The lowest BCUT2D eigenvalue weighted by Crippen LogP contribution is -2.28. The summed E-state index contributed by atoms with van der Waals surface area (Å²) < 4.78 is 14.3. The molecule has 0 N–H and O–H groups in total. The topological polar surface area (TPSA) is 26.3 Å². The van der Waals surface area contributed by atoms with Gasteiger partial charge in [0.25, 0.3) is 0 Å². The predicted octanol–water partition coefficient (Wildman–Crippen LogP) is 22.7. The molecule has 2 aromatic heterocycles. The van der Waals surface area contributed by atoms with Gasteiger partial charge in [-0.25, -0.2) is 0 Å². The molecule has 0 unspecified atom stereocenters. The SMILES string of the molecule is CC(C)(C)c1cccc2c1oc1c(-c3cc4c(c5ccccc35)-c3cc5c(cc3C4(C)C)-c3cc4c(cc3C5(C)C)-c3c(cc(-c5cccc6c5oc5c(C(C)(C)C)cccc56)c5ccccc35)C4(c3ccccc3)c3ccccc3)cccc12. The lowest BCUT2D eigenvalue weighted by molar-refractivity contribution is 0.572. The van der Waals surface area contributed by atoms with E-state index in [1.54, 1.807) is 0 Å². The standard InChI is InChI=1S/C83H66O2/c1-79(2,3)65-39-23-37-55-53-33-21-35-57(75(53)84-77(55)65)59-41-71-73(51-31-19-17-29-49(51)59)63-45-67-61(43-69(63)82(71,9)10)62-44-70-64(46-68(62)81(67,7)8)74-52-32-20-18-30-50(52)60(42-72(74)83(70,47-25-13-11-14-26-47)48-27-15-12-16-28-48)58-36-22-34-54-56-38-24-40-66(80(4,5)6)78(56)85-76(54)58/h11-46H,1-10H3. The summed E-state index contributed by atoms with van der Waals surface area (Å²) >= 11 is 0. The van der Waals surface area contributed by atoms with E-state index >= 15 is 0 Å². The van der Waals surface area contributed by atoms with Gasteiger partial charge in [0.1, 0.15) is 22.3 Å². The zero-order valence-electron chi connectivity index (χ0n) is 50.1. The number of furan rings is 2. The summed E-state index contributed by atoms with van der Waals surface area (Å²) in [6, 6.07) is 83.2. The molecule has 0 saturated carbocycles. The molecule has 3 aliphatic rings. The fourth-order valence-electron chi connectivity index (χ4n) is 16.3. The summed E-state index contributed by atoms with van der Waals surface area (Å²) in [6.45, 7) is 23.5. The van der Waals surface area contributed by atoms with Crippen LogP contribution < -0.4 is 0 Å². The highest BCUT2D eigenvalue weighted by Gasteiger charge is 2.50. The second kappa shape index (κ2) is 17.0. The van der Waals surface area contributed by atoms with Gasteiger partial charge in [0.05, 0.1) is 5.41 Å². The molecular weight excluding hydrogens is 1030 g/mol. The quantitative estimate of drug-likeness (QED) is 0.176. The van der Waals surface area contributed by atoms with E-state index in [2.05, 4.69) is 288 Å². The molecule has 2 heteroatoms. The van der Waals surface area contributed by atoms with Crippen molar-refractivity contribution in [1.82, 2.24) is 0 Å². The smallest absolute Gasteiger partial charge is 0.143 e. The van der Waals surface area contributed by atoms with Crippen molar-refractivity contribution in [3.05, 3.63) is 274 Å². The Bertz CT molecular complexity index is 5200. The second-order valence-corrected chi connectivity index (χ2v) is 27.8. The molecule has 0 bridgehead atoms. The Hall–Kier alpha value is -9.24. The van der Waals surface area contributed by atoms with E-state index in [4.69, 9.17) is 8.83 Å². The number of benzene rings is 12. The Labute approximate surface area is 497 Å². The van der Waals surface area contributed by atoms with Gasteiger partial charge in [0, 0.05) is 54.6 Å². The Balaban J connectivity index is 0.899. The molecule has 0 radical (unpaired) electrons.